The molecule has 25 heavy (non-hydrogen) atoms. The van der Waals surface area contributed by atoms with Crippen LogP contribution in [0.1, 0.15) is 42.3 Å². The van der Waals surface area contributed by atoms with Crippen LogP contribution in [0.5, 0.6) is 0 Å². The monoisotopic (exact) mass is 335 g/mol. The predicted octanol–water partition coefficient (Wildman–Crippen LogP) is 4.05. The van der Waals surface area contributed by atoms with E-state index in [0.717, 1.165) is 11.1 Å². The van der Waals surface area contributed by atoms with Gasteiger partial charge in [0.25, 0.3) is 0 Å². The Morgan fingerprint density at radius 1 is 1.04 bits per heavy atom. The maximum atomic E-state index is 12.3. The topological polar surface area (TPSA) is 59.3 Å². The van der Waals surface area contributed by atoms with Crippen LogP contribution in [0.2, 0.25) is 0 Å². The summed E-state index contributed by atoms with van der Waals surface area (Å²) in [5.41, 5.74) is 2.47. The first-order chi connectivity index (χ1) is 11.8. The van der Waals surface area contributed by atoms with Crippen molar-refractivity contribution in [1.82, 2.24) is 4.57 Å². The Morgan fingerprint density at radius 3 is 2.28 bits per heavy atom. The van der Waals surface area contributed by atoms with Crippen LogP contribution in [0.3, 0.4) is 0 Å². The zero-order valence-electron chi connectivity index (χ0n) is 14.6. The van der Waals surface area contributed by atoms with Crippen LogP contribution < -0.4 is 5.43 Å². The summed E-state index contributed by atoms with van der Waals surface area (Å²) in [5, 5.41) is 9.75. The van der Waals surface area contributed by atoms with Crippen molar-refractivity contribution in [3.63, 3.8) is 0 Å². The quantitative estimate of drug-likeness (QED) is 0.785. The highest BCUT2D eigenvalue weighted by atomic mass is 16.4. The van der Waals surface area contributed by atoms with Gasteiger partial charge < -0.3 is 9.67 Å². The van der Waals surface area contributed by atoms with Gasteiger partial charge in [0.1, 0.15) is 5.56 Å². The second-order valence-corrected chi connectivity index (χ2v) is 7.27. The molecule has 0 fully saturated rings. The Labute approximate surface area is 146 Å². The number of carbonyl (C=O) groups is 1. The van der Waals surface area contributed by atoms with E-state index in [1.54, 1.807) is 12.1 Å². The Hall–Kier alpha value is -2.88. The number of pyridine rings is 1. The van der Waals surface area contributed by atoms with E-state index in [9.17, 15) is 14.7 Å². The van der Waals surface area contributed by atoms with Gasteiger partial charge in [0.15, 0.2) is 0 Å². The number of aromatic carboxylic acids is 1. The number of para-hydroxylation sites is 1. The molecule has 128 valence electrons. The zero-order chi connectivity index (χ0) is 18.2. The van der Waals surface area contributed by atoms with E-state index in [-0.39, 0.29) is 11.0 Å². The fraction of sp³-hybridized carbons (Fsp3) is 0.238. The summed E-state index contributed by atoms with van der Waals surface area (Å²) in [6.45, 7) is 6.99. The molecule has 0 saturated heterocycles. The van der Waals surface area contributed by atoms with Gasteiger partial charge in [-0.2, -0.15) is 0 Å². The van der Waals surface area contributed by atoms with Crippen molar-refractivity contribution in [2.45, 2.75) is 32.7 Å². The normalized spacial score (nSPS) is 11.6. The van der Waals surface area contributed by atoms with E-state index in [4.69, 9.17) is 0 Å². The van der Waals surface area contributed by atoms with E-state index in [2.05, 4.69) is 32.9 Å². The second-order valence-electron chi connectivity index (χ2n) is 7.27. The SMILES string of the molecule is CC(C)(C)c1ccc(Cn2cc(C(=O)O)c(=O)c3ccccc32)cc1. The number of hydrogen-bond donors (Lipinski definition) is 1. The van der Waals surface area contributed by atoms with Gasteiger partial charge in [-0.1, -0.05) is 57.2 Å². The van der Waals surface area contributed by atoms with Crippen molar-refractivity contribution in [2.75, 3.05) is 0 Å². The predicted molar refractivity (Wildman–Crippen MR) is 99.4 cm³/mol. The number of carboxylic acid groups (broad SMARTS) is 1. The van der Waals surface area contributed by atoms with Crippen LogP contribution in [0.15, 0.2) is 59.5 Å². The van der Waals surface area contributed by atoms with Crippen molar-refractivity contribution < 1.29 is 9.90 Å². The summed E-state index contributed by atoms with van der Waals surface area (Å²) >= 11 is 0. The van der Waals surface area contributed by atoms with Gasteiger partial charge in [-0.05, 0) is 28.7 Å². The molecule has 2 aromatic carbocycles. The summed E-state index contributed by atoms with van der Waals surface area (Å²) in [5.74, 6) is -1.20. The molecule has 3 rings (SSSR count). The molecule has 1 N–H and O–H groups in total. The molecule has 1 aromatic heterocycles. The molecule has 4 nitrogen and oxygen atoms in total. The van der Waals surface area contributed by atoms with Crippen LogP contribution in [0.4, 0.5) is 0 Å². The van der Waals surface area contributed by atoms with Gasteiger partial charge >= 0.3 is 5.97 Å². The Bertz CT molecular complexity index is 992. The van der Waals surface area contributed by atoms with Crippen molar-refractivity contribution in [3.05, 3.63) is 81.6 Å². The highest BCUT2D eigenvalue weighted by Gasteiger charge is 2.15. The molecule has 0 saturated carbocycles. The number of rotatable bonds is 3. The summed E-state index contributed by atoms with van der Waals surface area (Å²) in [4.78, 5) is 23.7. The highest BCUT2D eigenvalue weighted by molar-refractivity contribution is 5.92. The van der Waals surface area contributed by atoms with E-state index < -0.39 is 11.4 Å². The van der Waals surface area contributed by atoms with E-state index in [0.29, 0.717) is 11.9 Å². The summed E-state index contributed by atoms with van der Waals surface area (Å²) in [7, 11) is 0. The molecule has 0 aliphatic rings. The lowest BCUT2D eigenvalue weighted by Gasteiger charge is -2.19. The third-order valence-electron chi connectivity index (χ3n) is 4.39. The second kappa shape index (κ2) is 6.20. The molecule has 0 radical (unpaired) electrons. The first-order valence-electron chi connectivity index (χ1n) is 8.22. The Balaban J connectivity index is 2.08. The number of benzene rings is 2. The zero-order valence-corrected chi connectivity index (χ0v) is 14.6. The molecule has 1 heterocycles. The fourth-order valence-corrected chi connectivity index (χ4v) is 2.94. The minimum Gasteiger partial charge on any atom is -0.477 e. The summed E-state index contributed by atoms with van der Waals surface area (Å²) < 4.78 is 1.83. The Kier molecular flexibility index (Phi) is 4.21. The van der Waals surface area contributed by atoms with Crippen molar-refractivity contribution in [1.29, 1.82) is 0 Å². The van der Waals surface area contributed by atoms with Crippen LogP contribution in [-0.2, 0) is 12.0 Å². The van der Waals surface area contributed by atoms with Gasteiger partial charge in [-0.25, -0.2) is 4.79 Å². The first kappa shape index (κ1) is 17.0. The van der Waals surface area contributed by atoms with Gasteiger partial charge in [-0.15, -0.1) is 0 Å². The first-order valence-corrected chi connectivity index (χ1v) is 8.22. The molecule has 0 unspecified atom stereocenters. The average Bonchev–Trinajstić information content (AvgIpc) is 2.57. The van der Waals surface area contributed by atoms with Crippen LogP contribution in [-0.4, -0.2) is 15.6 Å². The lowest BCUT2D eigenvalue weighted by molar-refractivity contribution is 0.0695. The third kappa shape index (κ3) is 3.33. The Morgan fingerprint density at radius 2 is 1.68 bits per heavy atom. The fourth-order valence-electron chi connectivity index (χ4n) is 2.94. The lowest BCUT2D eigenvalue weighted by atomic mass is 9.87. The molecule has 0 atom stereocenters. The van der Waals surface area contributed by atoms with Crippen LogP contribution in [0.25, 0.3) is 10.9 Å². The minimum atomic E-state index is -1.20. The molecule has 0 spiro atoms. The third-order valence-corrected chi connectivity index (χ3v) is 4.39. The van der Waals surface area contributed by atoms with Crippen molar-refractivity contribution in [2.24, 2.45) is 0 Å². The number of nitrogens with zero attached hydrogens (tertiary/aromatic N) is 1. The summed E-state index contributed by atoms with van der Waals surface area (Å²) in [6.07, 6.45) is 1.44. The van der Waals surface area contributed by atoms with E-state index in [1.165, 1.54) is 11.8 Å². The number of carboxylic acids is 1. The molecule has 3 aromatic rings. The van der Waals surface area contributed by atoms with Gasteiger partial charge in [0.2, 0.25) is 5.43 Å². The summed E-state index contributed by atoms with van der Waals surface area (Å²) in [6, 6.07) is 15.4. The van der Waals surface area contributed by atoms with E-state index >= 15 is 0 Å². The van der Waals surface area contributed by atoms with Gasteiger partial charge in [-0.3, -0.25) is 4.79 Å². The smallest absolute Gasteiger partial charge is 0.341 e. The van der Waals surface area contributed by atoms with Gasteiger partial charge in [0, 0.05) is 18.1 Å². The van der Waals surface area contributed by atoms with Gasteiger partial charge in [0.05, 0.1) is 5.52 Å². The minimum absolute atomic E-state index is 0.0824. The molecular formula is C21H21NO3. The van der Waals surface area contributed by atoms with Crippen LogP contribution in [0, 0.1) is 0 Å². The highest BCUT2D eigenvalue weighted by Crippen LogP contribution is 2.23. The molecule has 0 bridgehead atoms. The number of fused-ring (bicyclic) bond motifs is 1. The molecule has 0 amide bonds. The molecule has 0 aliphatic heterocycles. The molecule has 4 heteroatoms. The number of aromatic nitrogens is 1. The van der Waals surface area contributed by atoms with E-state index in [1.807, 2.05) is 28.8 Å². The molecule has 0 aliphatic carbocycles. The average molecular weight is 335 g/mol. The largest absolute Gasteiger partial charge is 0.477 e. The van der Waals surface area contributed by atoms with Crippen molar-refractivity contribution in [3.8, 4) is 0 Å². The maximum absolute atomic E-state index is 12.3. The standard InChI is InChI=1S/C21H21NO3/c1-21(2,3)15-10-8-14(9-11-15)12-22-13-17(20(24)25)19(23)16-6-4-5-7-18(16)22/h4-11,13H,12H2,1-3H3,(H,24,25). The maximum Gasteiger partial charge on any atom is 0.341 e. The van der Waals surface area contributed by atoms with Crippen LogP contribution >= 0.6 is 0 Å². The molecular weight excluding hydrogens is 314 g/mol. The lowest BCUT2D eigenvalue weighted by Crippen LogP contribution is -2.19. The number of hydrogen-bond acceptors (Lipinski definition) is 2. The van der Waals surface area contributed by atoms with Crippen molar-refractivity contribution >= 4 is 16.9 Å².